The Kier molecular flexibility index (Phi) is 3.92. The standard InChI is InChI=1S/C18H12BrN3OS/c19-15-4-2-1-3-14(15)17(23)20-13-7-5-12(6-8-13)16-11-22-9-10-24-18(22)21-16/h1-11H,(H,20,23). The highest BCUT2D eigenvalue weighted by Gasteiger charge is 2.10. The Bertz CT molecular complexity index is 992. The molecule has 6 heteroatoms. The first-order valence-corrected chi connectivity index (χ1v) is 8.96. The number of nitrogens with zero attached hydrogens (tertiary/aromatic N) is 2. The van der Waals surface area contributed by atoms with Crippen LogP contribution in [0.2, 0.25) is 0 Å². The van der Waals surface area contributed by atoms with Crippen LogP contribution in [0.5, 0.6) is 0 Å². The van der Waals surface area contributed by atoms with Gasteiger partial charge in [0.05, 0.1) is 11.3 Å². The molecule has 4 nitrogen and oxygen atoms in total. The molecule has 0 aliphatic rings. The van der Waals surface area contributed by atoms with E-state index in [1.54, 1.807) is 17.4 Å². The minimum atomic E-state index is -0.141. The summed E-state index contributed by atoms with van der Waals surface area (Å²) in [5.74, 6) is -0.141. The molecule has 0 spiro atoms. The number of rotatable bonds is 3. The van der Waals surface area contributed by atoms with Crippen LogP contribution in [0, 0.1) is 0 Å². The van der Waals surface area contributed by atoms with Crippen LogP contribution in [-0.4, -0.2) is 15.3 Å². The monoisotopic (exact) mass is 397 g/mol. The van der Waals surface area contributed by atoms with E-state index in [9.17, 15) is 4.79 Å². The van der Waals surface area contributed by atoms with Gasteiger partial charge in [0.15, 0.2) is 4.96 Å². The van der Waals surface area contributed by atoms with Crippen molar-refractivity contribution in [1.29, 1.82) is 0 Å². The Morgan fingerprint density at radius 3 is 2.67 bits per heavy atom. The maximum atomic E-state index is 12.3. The predicted octanol–water partition coefficient (Wildman–Crippen LogP) is 5.08. The molecule has 1 amide bonds. The van der Waals surface area contributed by atoms with Gasteiger partial charge in [0.25, 0.3) is 5.91 Å². The van der Waals surface area contributed by atoms with Gasteiger partial charge in [-0.1, -0.05) is 24.3 Å². The molecule has 118 valence electrons. The minimum absolute atomic E-state index is 0.141. The number of nitrogens with one attached hydrogen (secondary N) is 1. The lowest BCUT2D eigenvalue weighted by Crippen LogP contribution is -2.12. The highest BCUT2D eigenvalue weighted by atomic mass is 79.9. The molecule has 0 saturated heterocycles. The molecule has 4 rings (SSSR count). The highest BCUT2D eigenvalue weighted by Crippen LogP contribution is 2.24. The van der Waals surface area contributed by atoms with E-state index in [4.69, 9.17) is 0 Å². The van der Waals surface area contributed by atoms with Crippen LogP contribution in [0.15, 0.2) is 70.8 Å². The third kappa shape index (κ3) is 2.86. The first-order chi connectivity index (χ1) is 11.7. The number of hydrogen-bond donors (Lipinski definition) is 1. The van der Waals surface area contributed by atoms with E-state index in [1.807, 2.05) is 64.6 Å². The molecular formula is C18H12BrN3OS. The molecule has 1 N–H and O–H groups in total. The van der Waals surface area contributed by atoms with Gasteiger partial charge in [0.1, 0.15) is 0 Å². The molecule has 0 fully saturated rings. The van der Waals surface area contributed by atoms with Gasteiger partial charge < -0.3 is 5.32 Å². The zero-order valence-corrected chi connectivity index (χ0v) is 14.8. The number of thiazole rings is 1. The minimum Gasteiger partial charge on any atom is -0.322 e. The first-order valence-electron chi connectivity index (χ1n) is 7.29. The van der Waals surface area contributed by atoms with E-state index in [0.717, 1.165) is 26.4 Å². The third-order valence-electron chi connectivity index (χ3n) is 3.65. The second-order valence-corrected chi connectivity index (χ2v) is 6.96. The number of imidazole rings is 1. The number of halogens is 1. The summed E-state index contributed by atoms with van der Waals surface area (Å²) in [4.78, 5) is 17.9. The van der Waals surface area contributed by atoms with Gasteiger partial charge in [0, 0.05) is 33.5 Å². The van der Waals surface area contributed by atoms with E-state index in [-0.39, 0.29) is 5.91 Å². The average Bonchev–Trinajstić information content (AvgIpc) is 3.17. The normalized spacial score (nSPS) is 10.9. The first kappa shape index (κ1) is 15.1. The second kappa shape index (κ2) is 6.22. The van der Waals surface area contributed by atoms with Gasteiger partial charge in [-0.15, -0.1) is 11.3 Å². The van der Waals surface area contributed by atoms with Gasteiger partial charge >= 0.3 is 0 Å². The number of carbonyl (C=O) groups excluding carboxylic acids is 1. The number of carbonyl (C=O) groups is 1. The topological polar surface area (TPSA) is 46.4 Å². The lowest BCUT2D eigenvalue weighted by atomic mass is 10.1. The summed E-state index contributed by atoms with van der Waals surface area (Å²) in [6.07, 6.45) is 3.99. The Labute approximate surface area is 150 Å². The lowest BCUT2D eigenvalue weighted by molar-refractivity contribution is 0.102. The van der Waals surface area contributed by atoms with Crippen LogP contribution in [0.4, 0.5) is 5.69 Å². The Morgan fingerprint density at radius 2 is 1.92 bits per heavy atom. The van der Waals surface area contributed by atoms with Crippen LogP contribution in [0.1, 0.15) is 10.4 Å². The van der Waals surface area contributed by atoms with Crippen molar-refractivity contribution in [3.8, 4) is 11.3 Å². The van der Waals surface area contributed by atoms with Crippen molar-refractivity contribution in [1.82, 2.24) is 9.38 Å². The molecule has 2 aromatic heterocycles. The summed E-state index contributed by atoms with van der Waals surface area (Å²) in [6.45, 7) is 0. The van der Waals surface area contributed by atoms with Gasteiger partial charge in [-0.05, 0) is 40.2 Å². The molecule has 0 aliphatic heterocycles. The molecular weight excluding hydrogens is 386 g/mol. The smallest absolute Gasteiger partial charge is 0.256 e. The van der Waals surface area contributed by atoms with Crippen molar-refractivity contribution in [3.63, 3.8) is 0 Å². The molecule has 0 unspecified atom stereocenters. The molecule has 2 aromatic carbocycles. The van der Waals surface area contributed by atoms with Gasteiger partial charge in [-0.25, -0.2) is 4.98 Å². The summed E-state index contributed by atoms with van der Waals surface area (Å²) >= 11 is 5.00. The van der Waals surface area contributed by atoms with Crippen LogP contribution >= 0.6 is 27.3 Å². The van der Waals surface area contributed by atoms with Crippen molar-refractivity contribution >= 4 is 43.8 Å². The third-order valence-corrected chi connectivity index (χ3v) is 5.11. The van der Waals surface area contributed by atoms with E-state index >= 15 is 0 Å². The molecule has 0 saturated carbocycles. The number of fused-ring (bicyclic) bond motifs is 1. The maximum Gasteiger partial charge on any atom is 0.256 e. The predicted molar refractivity (Wildman–Crippen MR) is 101 cm³/mol. The summed E-state index contributed by atoms with van der Waals surface area (Å²) in [7, 11) is 0. The summed E-state index contributed by atoms with van der Waals surface area (Å²) in [5.41, 5.74) is 3.30. The molecule has 24 heavy (non-hydrogen) atoms. The molecule has 0 bridgehead atoms. The van der Waals surface area contributed by atoms with Crippen LogP contribution in [0.25, 0.3) is 16.2 Å². The Hall–Kier alpha value is -2.44. The number of anilines is 1. The average molecular weight is 398 g/mol. The second-order valence-electron chi connectivity index (χ2n) is 5.23. The quantitative estimate of drug-likeness (QED) is 0.523. The summed E-state index contributed by atoms with van der Waals surface area (Å²) < 4.78 is 2.78. The molecule has 0 aliphatic carbocycles. The van der Waals surface area contributed by atoms with E-state index < -0.39 is 0 Å². The SMILES string of the molecule is O=C(Nc1ccc(-c2cn3ccsc3n2)cc1)c1ccccc1Br. The fourth-order valence-corrected chi connectivity index (χ4v) is 3.60. The number of hydrogen-bond acceptors (Lipinski definition) is 3. The zero-order chi connectivity index (χ0) is 16.5. The van der Waals surface area contributed by atoms with Gasteiger partial charge in [0.2, 0.25) is 0 Å². The van der Waals surface area contributed by atoms with Gasteiger partial charge in [-0.3, -0.25) is 9.20 Å². The molecule has 0 radical (unpaired) electrons. The number of benzene rings is 2. The molecule has 2 heterocycles. The summed E-state index contributed by atoms with van der Waals surface area (Å²) in [5, 5.41) is 4.91. The van der Waals surface area contributed by atoms with Crippen LogP contribution in [-0.2, 0) is 0 Å². The fourth-order valence-electron chi connectivity index (χ4n) is 2.43. The van der Waals surface area contributed by atoms with E-state index in [2.05, 4.69) is 26.2 Å². The number of aromatic nitrogens is 2. The van der Waals surface area contributed by atoms with Crippen molar-refractivity contribution in [2.45, 2.75) is 0 Å². The lowest BCUT2D eigenvalue weighted by Gasteiger charge is -2.07. The van der Waals surface area contributed by atoms with Crippen molar-refractivity contribution < 1.29 is 4.79 Å². The largest absolute Gasteiger partial charge is 0.322 e. The van der Waals surface area contributed by atoms with Crippen molar-refractivity contribution in [3.05, 3.63) is 76.3 Å². The maximum absolute atomic E-state index is 12.3. The Balaban J connectivity index is 1.54. The fraction of sp³-hybridized carbons (Fsp3) is 0. The van der Waals surface area contributed by atoms with Crippen LogP contribution in [0.3, 0.4) is 0 Å². The van der Waals surface area contributed by atoms with E-state index in [0.29, 0.717) is 5.56 Å². The van der Waals surface area contributed by atoms with Crippen LogP contribution < -0.4 is 5.32 Å². The summed E-state index contributed by atoms with van der Waals surface area (Å²) in [6, 6.07) is 15.0. The Morgan fingerprint density at radius 1 is 1.12 bits per heavy atom. The highest BCUT2D eigenvalue weighted by molar-refractivity contribution is 9.10. The van der Waals surface area contributed by atoms with Crippen molar-refractivity contribution in [2.75, 3.05) is 5.32 Å². The number of amides is 1. The zero-order valence-electron chi connectivity index (χ0n) is 12.4. The molecule has 0 atom stereocenters. The van der Waals surface area contributed by atoms with Gasteiger partial charge in [-0.2, -0.15) is 0 Å². The molecule has 4 aromatic rings. The van der Waals surface area contributed by atoms with E-state index in [1.165, 1.54) is 0 Å². The van der Waals surface area contributed by atoms with Crippen molar-refractivity contribution in [2.24, 2.45) is 0 Å².